The van der Waals surface area contributed by atoms with Gasteiger partial charge in [0.05, 0.1) is 0 Å². The van der Waals surface area contributed by atoms with Crippen LogP contribution in [0.3, 0.4) is 0 Å². The predicted octanol–water partition coefficient (Wildman–Crippen LogP) is 4.94. The van der Waals surface area contributed by atoms with Crippen molar-refractivity contribution in [3.05, 3.63) is 30.1 Å². The topological polar surface area (TPSA) is 12.9 Å². The van der Waals surface area contributed by atoms with Crippen LogP contribution in [0.4, 0.5) is 0 Å². The van der Waals surface area contributed by atoms with Crippen molar-refractivity contribution in [1.29, 1.82) is 0 Å². The fourth-order valence-electron chi connectivity index (χ4n) is 3.09. The van der Waals surface area contributed by atoms with E-state index in [0.717, 1.165) is 5.92 Å². The van der Waals surface area contributed by atoms with Crippen LogP contribution < -0.4 is 0 Å². The second kappa shape index (κ2) is 6.78. The third kappa shape index (κ3) is 3.83. The Morgan fingerprint density at radius 3 is 2.71 bits per heavy atom. The fourth-order valence-corrected chi connectivity index (χ4v) is 3.09. The number of hydrogen-bond donors (Lipinski definition) is 0. The minimum atomic E-state index is 0.679. The van der Waals surface area contributed by atoms with Gasteiger partial charge in [-0.15, -0.1) is 0 Å². The molecule has 0 N–H and O–H groups in total. The maximum atomic E-state index is 4.51. The molecule has 1 heteroatoms. The SMILES string of the molecule is CCC(CCC1CCCCC1)c1ccccn1. The van der Waals surface area contributed by atoms with E-state index in [1.807, 2.05) is 12.3 Å². The van der Waals surface area contributed by atoms with E-state index in [2.05, 4.69) is 24.0 Å². The van der Waals surface area contributed by atoms with E-state index in [-0.39, 0.29) is 0 Å². The van der Waals surface area contributed by atoms with Crippen LogP contribution in [-0.4, -0.2) is 4.98 Å². The van der Waals surface area contributed by atoms with Gasteiger partial charge in [0.1, 0.15) is 0 Å². The number of aromatic nitrogens is 1. The van der Waals surface area contributed by atoms with Crippen LogP contribution in [0.2, 0.25) is 0 Å². The number of nitrogens with zero attached hydrogens (tertiary/aromatic N) is 1. The second-order valence-corrected chi connectivity index (χ2v) is 5.44. The van der Waals surface area contributed by atoms with E-state index in [0.29, 0.717) is 5.92 Å². The summed E-state index contributed by atoms with van der Waals surface area (Å²) in [4.78, 5) is 4.51. The van der Waals surface area contributed by atoms with Gasteiger partial charge in [-0.25, -0.2) is 0 Å². The van der Waals surface area contributed by atoms with Gasteiger partial charge in [-0.1, -0.05) is 45.1 Å². The molecule has 1 fully saturated rings. The highest BCUT2D eigenvalue weighted by molar-refractivity contribution is 5.09. The molecular formula is C16H25N. The fraction of sp³-hybridized carbons (Fsp3) is 0.688. The van der Waals surface area contributed by atoms with Crippen molar-refractivity contribution in [1.82, 2.24) is 4.98 Å². The van der Waals surface area contributed by atoms with Crippen LogP contribution in [0.15, 0.2) is 24.4 Å². The molecule has 0 aromatic carbocycles. The van der Waals surface area contributed by atoms with Crippen molar-refractivity contribution in [3.8, 4) is 0 Å². The van der Waals surface area contributed by atoms with Crippen molar-refractivity contribution in [3.63, 3.8) is 0 Å². The molecule has 1 aromatic rings. The van der Waals surface area contributed by atoms with Crippen LogP contribution in [0.5, 0.6) is 0 Å². The average Bonchev–Trinajstić information content (AvgIpc) is 2.42. The van der Waals surface area contributed by atoms with E-state index < -0.39 is 0 Å². The molecule has 0 amide bonds. The number of pyridine rings is 1. The summed E-state index contributed by atoms with van der Waals surface area (Å²) in [6.07, 6.45) is 13.2. The summed E-state index contributed by atoms with van der Waals surface area (Å²) < 4.78 is 0. The Labute approximate surface area is 106 Å². The third-order valence-corrected chi connectivity index (χ3v) is 4.25. The lowest BCUT2D eigenvalue weighted by molar-refractivity contribution is 0.321. The zero-order chi connectivity index (χ0) is 11.9. The molecule has 0 saturated heterocycles. The molecule has 94 valence electrons. The van der Waals surface area contributed by atoms with Gasteiger partial charge in [-0.05, 0) is 37.3 Å². The molecule has 1 aromatic heterocycles. The van der Waals surface area contributed by atoms with Gasteiger partial charge in [0.25, 0.3) is 0 Å². The minimum Gasteiger partial charge on any atom is -0.261 e. The van der Waals surface area contributed by atoms with Gasteiger partial charge >= 0.3 is 0 Å². The summed E-state index contributed by atoms with van der Waals surface area (Å²) in [5, 5.41) is 0. The molecule has 0 spiro atoms. The van der Waals surface area contributed by atoms with Crippen molar-refractivity contribution in [2.75, 3.05) is 0 Å². The first kappa shape index (κ1) is 12.6. The highest BCUT2D eigenvalue weighted by atomic mass is 14.7. The molecule has 0 aliphatic heterocycles. The van der Waals surface area contributed by atoms with Crippen LogP contribution in [0.1, 0.15) is 69.9 Å². The molecule has 1 saturated carbocycles. The largest absolute Gasteiger partial charge is 0.261 e. The summed E-state index contributed by atoms with van der Waals surface area (Å²) >= 11 is 0. The lowest BCUT2D eigenvalue weighted by Gasteiger charge is -2.23. The van der Waals surface area contributed by atoms with Crippen molar-refractivity contribution < 1.29 is 0 Å². The van der Waals surface area contributed by atoms with Gasteiger partial charge in [0, 0.05) is 17.8 Å². The smallest absolute Gasteiger partial charge is 0.0434 e. The molecule has 1 nitrogen and oxygen atoms in total. The van der Waals surface area contributed by atoms with Crippen molar-refractivity contribution in [2.45, 2.75) is 64.2 Å². The Kier molecular flexibility index (Phi) is 5.03. The molecule has 1 unspecified atom stereocenters. The number of hydrogen-bond acceptors (Lipinski definition) is 1. The molecule has 1 aliphatic carbocycles. The van der Waals surface area contributed by atoms with Crippen molar-refractivity contribution >= 4 is 0 Å². The zero-order valence-corrected chi connectivity index (χ0v) is 11.1. The highest BCUT2D eigenvalue weighted by Crippen LogP contribution is 2.31. The maximum absolute atomic E-state index is 4.51. The zero-order valence-electron chi connectivity index (χ0n) is 11.1. The monoisotopic (exact) mass is 231 g/mol. The molecule has 1 aliphatic rings. The summed E-state index contributed by atoms with van der Waals surface area (Å²) in [6, 6.07) is 6.32. The van der Waals surface area contributed by atoms with E-state index in [9.17, 15) is 0 Å². The average molecular weight is 231 g/mol. The van der Waals surface area contributed by atoms with Crippen molar-refractivity contribution in [2.24, 2.45) is 5.92 Å². The Bertz CT molecular complexity index is 301. The van der Waals surface area contributed by atoms with Crippen LogP contribution >= 0.6 is 0 Å². The quantitative estimate of drug-likeness (QED) is 0.699. The van der Waals surface area contributed by atoms with E-state index in [1.54, 1.807) is 0 Å². The van der Waals surface area contributed by atoms with Crippen LogP contribution in [-0.2, 0) is 0 Å². The molecule has 2 rings (SSSR count). The van der Waals surface area contributed by atoms with Gasteiger partial charge in [-0.3, -0.25) is 4.98 Å². The summed E-state index contributed by atoms with van der Waals surface area (Å²) in [6.45, 7) is 2.29. The Morgan fingerprint density at radius 1 is 1.24 bits per heavy atom. The maximum Gasteiger partial charge on any atom is 0.0434 e. The van der Waals surface area contributed by atoms with E-state index >= 15 is 0 Å². The van der Waals surface area contributed by atoms with Gasteiger partial charge in [0.2, 0.25) is 0 Å². The van der Waals surface area contributed by atoms with Crippen LogP contribution in [0, 0.1) is 5.92 Å². The number of rotatable bonds is 5. The molecule has 1 heterocycles. The first-order chi connectivity index (χ1) is 8.40. The van der Waals surface area contributed by atoms with E-state index in [1.165, 1.54) is 57.1 Å². The molecule has 0 radical (unpaired) electrons. The first-order valence-corrected chi connectivity index (χ1v) is 7.31. The standard InChI is InChI=1S/C16H25N/c1-2-15(16-10-6-7-13-17-16)12-11-14-8-4-3-5-9-14/h6-7,10,13-15H,2-5,8-9,11-12H2,1H3. The van der Waals surface area contributed by atoms with Gasteiger partial charge in [-0.2, -0.15) is 0 Å². The summed E-state index contributed by atoms with van der Waals surface area (Å²) in [7, 11) is 0. The first-order valence-electron chi connectivity index (χ1n) is 7.31. The van der Waals surface area contributed by atoms with Crippen LogP contribution in [0.25, 0.3) is 0 Å². The second-order valence-electron chi connectivity index (χ2n) is 5.44. The minimum absolute atomic E-state index is 0.679. The lowest BCUT2D eigenvalue weighted by atomic mass is 9.83. The Balaban J connectivity index is 1.83. The highest BCUT2D eigenvalue weighted by Gasteiger charge is 2.16. The normalized spacial score (nSPS) is 19.1. The van der Waals surface area contributed by atoms with E-state index in [4.69, 9.17) is 0 Å². The summed E-state index contributed by atoms with van der Waals surface area (Å²) in [5.74, 6) is 1.68. The molecule has 1 atom stereocenters. The predicted molar refractivity (Wildman–Crippen MR) is 73.1 cm³/mol. The molecule has 0 bridgehead atoms. The Morgan fingerprint density at radius 2 is 2.06 bits per heavy atom. The van der Waals surface area contributed by atoms with Gasteiger partial charge < -0.3 is 0 Å². The summed E-state index contributed by atoms with van der Waals surface area (Å²) in [5.41, 5.74) is 1.30. The molecule has 17 heavy (non-hydrogen) atoms. The Hall–Kier alpha value is -0.850. The third-order valence-electron chi connectivity index (χ3n) is 4.25. The van der Waals surface area contributed by atoms with Gasteiger partial charge in [0.15, 0.2) is 0 Å². The lowest BCUT2D eigenvalue weighted by Crippen LogP contribution is -2.09. The molecular weight excluding hydrogens is 206 g/mol.